The summed E-state index contributed by atoms with van der Waals surface area (Å²) in [6.45, 7) is 4.53. The monoisotopic (exact) mass is 675 g/mol. The number of hydrogen-bond donors (Lipinski definition) is 0. The molecule has 10 heteroatoms. The first-order chi connectivity index (χ1) is 17.8. The van der Waals surface area contributed by atoms with E-state index in [1.807, 2.05) is 56.3 Å². The maximum Gasteiger partial charge on any atom is 0.282 e. The van der Waals surface area contributed by atoms with E-state index in [-0.39, 0.29) is 18.3 Å². The molecule has 0 N–H and O–H groups in total. The van der Waals surface area contributed by atoms with E-state index in [1.54, 1.807) is 19.4 Å². The Morgan fingerprint density at radius 3 is 2.76 bits per heavy atom. The molecule has 5 rings (SSSR count). The molecule has 0 amide bonds. The first-order valence-corrected chi connectivity index (χ1v) is 13.4. The first-order valence-electron chi connectivity index (χ1n) is 11.5. The van der Waals surface area contributed by atoms with Gasteiger partial charge in [0.2, 0.25) is 6.79 Å². The molecule has 0 fully saturated rings. The molecule has 2 heterocycles. The van der Waals surface area contributed by atoms with Gasteiger partial charge < -0.3 is 18.9 Å². The van der Waals surface area contributed by atoms with Crippen LogP contribution in [-0.4, -0.2) is 29.8 Å². The number of aromatic nitrogens is 2. The molecule has 0 unspecified atom stereocenters. The zero-order chi connectivity index (χ0) is 26.1. The van der Waals surface area contributed by atoms with Gasteiger partial charge in [-0.1, -0.05) is 35.8 Å². The second-order valence-electron chi connectivity index (χ2n) is 8.66. The lowest BCUT2D eigenvalue weighted by Gasteiger charge is -2.14. The van der Waals surface area contributed by atoms with Crippen molar-refractivity contribution in [2.24, 2.45) is 5.10 Å². The van der Waals surface area contributed by atoms with Crippen LogP contribution in [-0.2, 0) is 6.61 Å². The minimum Gasteiger partial charge on any atom is -0.493 e. The molecule has 1 aromatic heterocycles. The van der Waals surface area contributed by atoms with Crippen LogP contribution >= 0.6 is 38.5 Å². The molecule has 0 aliphatic carbocycles. The van der Waals surface area contributed by atoms with Crippen molar-refractivity contribution >= 4 is 55.6 Å². The Kier molecular flexibility index (Phi) is 7.38. The van der Waals surface area contributed by atoms with Crippen LogP contribution in [0.2, 0.25) is 0 Å². The van der Waals surface area contributed by atoms with Gasteiger partial charge in [0.25, 0.3) is 5.56 Å². The van der Waals surface area contributed by atoms with Gasteiger partial charge in [0.05, 0.1) is 27.8 Å². The fourth-order valence-electron chi connectivity index (χ4n) is 3.92. The summed E-state index contributed by atoms with van der Waals surface area (Å²) in [7, 11) is 1.59. The molecule has 1 aliphatic heterocycles. The minimum absolute atomic E-state index is 0.000440. The largest absolute Gasteiger partial charge is 0.493 e. The summed E-state index contributed by atoms with van der Waals surface area (Å²) in [5, 5.41) is 5.02. The van der Waals surface area contributed by atoms with Crippen molar-refractivity contribution in [3.8, 4) is 23.0 Å². The van der Waals surface area contributed by atoms with Crippen LogP contribution in [0.25, 0.3) is 10.9 Å². The fourth-order valence-corrected chi connectivity index (χ4v) is 5.06. The average Bonchev–Trinajstić information content (AvgIpc) is 3.35. The molecule has 0 saturated heterocycles. The molecule has 0 spiro atoms. The summed E-state index contributed by atoms with van der Waals surface area (Å²) in [5.41, 5.74) is 2.12. The number of nitrogens with zero attached hydrogens (tertiary/aromatic N) is 3. The van der Waals surface area contributed by atoms with E-state index < -0.39 is 0 Å². The SMILES string of the molecule is COc1cc(C=Nn2c(C(C)C)nc3ccc(Br)cc3c2=O)cc(I)c1OCc1ccc2c(c1)OCO2. The summed E-state index contributed by atoms with van der Waals surface area (Å²) in [4.78, 5) is 18.0. The zero-order valence-corrected chi connectivity index (χ0v) is 24.1. The fraction of sp³-hybridized carbons (Fsp3) is 0.222. The highest BCUT2D eigenvalue weighted by atomic mass is 127. The highest BCUT2D eigenvalue weighted by molar-refractivity contribution is 14.1. The van der Waals surface area contributed by atoms with Gasteiger partial charge in [0.1, 0.15) is 12.4 Å². The van der Waals surface area contributed by atoms with Gasteiger partial charge in [-0.05, 0) is 76.2 Å². The van der Waals surface area contributed by atoms with Gasteiger partial charge in [-0.2, -0.15) is 9.78 Å². The second kappa shape index (κ2) is 10.7. The molecule has 0 radical (unpaired) electrons. The lowest BCUT2D eigenvalue weighted by atomic mass is 10.2. The molecule has 37 heavy (non-hydrogen) atoms. The third-order valence-corrected chi connectivity index (χ3v) is 7.04. The van der Waals surface area contributed by atoms with E-state index >= 15 is 0 Å². The van der Waals surface area contributed by atoms with E-state index in [4.69, 9.17) is 23.9 Å². The van der Waals surface area contributed by atoms with Crippen molar-refractivity contribution in [3.05, 3.63) is 83.9 Å². The Hall–Kier alpha value is -3.12. The quantitative estimate of drug-likeness (QED) is 0.174. The first kappa shape index (κ1) is 25.5. The molecule has 4 aromatic rings. The predicted octanol–water partition coefficient (Wildman–Crippen LogP) is 6.09. The average molecular weight is 676 g/mol. The molecule has 0 bridgehead atoms. The lowest BCUT2D eigenvalue weighted by molar-refractivity contribution is 0.174. The lowest BCUT2D eigenvalue weighted by Crippen LogP contribution is -2.23. The number of halogens is 2. The van der Waals surface area contributed by atoms with E-state index in [0.29, 0.717) is 40.6 Å². The van der Waals surface area contributed by atoms with Crippen LogP contribution in [0.1, 0.15) is 36.7 Å². The van der Waals surface area contributed by atoms with E-state index in [2.05, 4.69) is 43.6 Å². The zero-order valence-electron chi connectivity index (χ0n) is 20.3. The molecule has 190 valence electrons. The highest BCUT2D eigenvalue weighted by Gasteiger charge is 2.17. The van der Waals surface area contributed by atoms with Gasteiger partial charge in [-0.25, -0.2) is 4.98 Å². The Balaban J connectivity index is 1.44. The Bertz CT molecular complexity index is 1590. The van der Waals surface area contributed by atoms with E-state index in [1.165, 1.54) is 4.68 Å². The maximum atomic E-state index is 13.3. The topological polar surface area (TPSA) is 84.2 Å². The van der Waals surface area contributed by atoms with Crippen LogP contribution in [0.15, 0.2) is 62.9 Å². The van der Waals surface area contributed by atoms with Gasteiger partial charge in [0.15, 0.2) is 23.0 Å². The summed E-state index contributed by atoms with van der Waals surface area (Å²) in [6, 6.07) is 14.9. The highest BCUT2D eigenvalue weighted by Crippen LogP contribution is 2.36. The van der Waals surface area contributed by atoms with Crippen molar-refractivity contribution in [1.29, 1.82) is 0 Å². The molecular weight excluding hydrogens is 653 g/mol. The normalized spacial score (nSPS) is 12.6. The van der Waals surface area contributed by atoms with Crippen molar-refractivity contribution in [2.75, 3.05) is 13.9 Å². The standard InChI is InChI=1S/C27H23BrIN3O5/c1-15(2)26-31-21-6-5-18(28)11-19(21)27(33)32(26)30-12-17-8-20(29)25(24(10-17)34-3)35-13-16-4-7-22-23(9-16)37-14-36-22/h4-12,15H,13-14H2,1-3H3. The number of hydrogen-bond acceptors (Lipinski definition) is 7. The Morgan fingerprint density at radius 2 is 1.97 bits per heavy atom. The van der Waals surface area contributed by atoms with Crippen LogP contribution in [0.4, 0.5) is 0 Å². The summed E-state index contributed by atoms with van der Waals surface area (Å²) in [5.74, 6) is 3.21. The Morgan fingerprint density at radius 1 is 1.16 bits per heavy atom. The second-order valence-corrected chi connectivity index (χ2v) is 10.7. The number of ether oxygens (including phenoxy) is 4. The molecule has 0 saturated carbocycles. The third kappa shape index (κ3) is 5.30. The van der Waals surface area contributed by atoms with E-state index in [9.17, 15) is 4.79 Å². The van der Waals surface area contributed by atoms with Crippen molar-refractivity contribution in [1.82, 2.24) is 9.66 Å². The Labute approximate surface area is 235 Å². The molecule has 8 nitrogen and oxygen atoms in total. The molecule has 1 aliphatic rings. The number of fused-ring (bicyclic) bond motifs is 2. The number of benzene rings is 3. The molecule has 3 aromatic carbocycles. The van der Waals surface area contributed by atoms with Gasteiger partial charge >= 0.3 is 0 Å². The smallest absolute Gasteiger partial charge is 0.282 e. The molecular formula is C27H23BrIN3O5. The van der Waals surface area contributed by atoms with Crippen molar-refractivity contribution in [3.63, 3.8) is 0 Å². The summed E-state index contributed by atoms with van der Waals surface area (Å²) in [6.07, 6.45) is 1.63. The third-order valence-electron chi connectivity index (χ3n) is 5.74. The van der Waals surface area contributed by atoms with Crippen molar-refractivity contribution < 1.29 is 18.9 Å². The van der Waals surface area contributed by atoms with Crippen molar-refractivity contribution in [2.45, 2.75) is 26.4 Å². The minimum atomic E-state index is -0.225. The number of rotatable bonds is 7. The van der Waals surface area contributed by atoms with Crippen LogP contribution in [0.5, 0.6) is 23.0 Å². The number of methoxy groups -OCH3 is 1. The summed E-state index contributed by atoms with van der Waals surface area (Å²) >= 11 is 5.64. The summed E-state index contributed by atoms with van der Waals surface area (Å²) < 4.78 is 25.6. The van der Waals surface area contributed by atoms with Crippen LogP contribution in [0, 0.1) is 3.57 Å². The van der Waals surface area contributed by atoms with Crippen LogP contribution < -0.4 is 24.5 Å². The van der Waals surface area contributed by atoms with E-state index in [0.717, 1.165) is 24.9 Å². The van der Waals surface area contributed by atoms with Gasteiger partial charge in [0, 0.05) is 10.4 Å². The maximum absolute atomic E-state index is 13.3. The predicted molar refractivity (Wildman–Crippen MR) is 153 cm³/mol. The van der Waals surface area contributed by atoms with Gasteiger partial charge in [-0.15, -0.1) is 0 Å². The van der Waals surface area contributed by atoms with Gasteiger partial charge in [-0.3, -0.25) is 4.79 Å². The molecule has 0 atom stereocenters. The van der Waals surface area contributed by atoms with Crippen LogP contribution in [0.3, 0.4) is 0 Å².